The van der Waals surface area contributed by atoms with Crippen molar-refractivity contribution in [3.8, 4) is 0 Å². The molecule has 1 aliphatic rings. The Balaban J connectivity index is 1.57. The first-order valence-electron chi connectivity index (χ1n) is 10.5. The lowest BCUT2D eigenvalue weighted by Crippen LogP contribution is -2.51. The minimum atomic E-state index is -0.606. The second kappa shape index (κ2) is 10.5. The number of hydrogen-bond donors (Lipinski definition) is 1. The van der Waals surface area contributed by atoms with Gasteiger partial charge in [-0.2, -0.15) is 0 Å². The summed E-state index contributed by atoms with van der Waals surface area (Å²) in [5.74, 6) is -0.177. The molecule has 0 radical (unpaired) electrons. The Hall–Kier alpha value is -2.53. The van der Waals surface area contributed by atoms with E-state index in [0.29, 0.717) is 50.5 Å². The Kier molecular flexibility index (Phi) is 7.75. The average molecular weight is 429 g/mol. The standard InChI is InChI=1S/C24H29ClN2O3/c1-2-30-22(28)24(18-20-8-10-21(25)11-9-20)13-16-27(17-14-24)23(29)26-15-12-19-6-4-3-5-7-19/h3-11H,2,12-18H2,1H3,(H,26,29). The van der Waals surface area contributed by atoms with Gasteiger partial charge in [-0.3, -0.25) is 4.79 Å². The first-order chi connectivity index (χ1) is 14.5. The number of nitrogens with one attached hydrogen (secondary N) is 1. The molecule has 0 unspecified atom stereocenters. The lowest BCUT2D eigenvalue weighted by Gasteiger charge is -2.40. The lowest BCUT2D eigenvalue weighted by atomic mass is 9.73. The summed E-state index contributed by atoms with van der Waals surface area (Å²) >= 11 is 5.99. The summed E-state index contributed by atoms with van der Waals surface area (Å²) in [5, 5.41) is 3.67. The van der Waals surface area contributed by atoms with Crippen LogP contribution in [0.1, 0.15) is 30.9 Å². The SMILES string of the molecule is CCOC(=O)C1(Cc2ccc(Cl)cc2)CCN(C(=O)NCCc2ccccc2)CC1. The molecule has 30 heavy (non-hydrogen) atoms. The van der Waals surface area contributed by atoms with Crippen molar-refractivity contribution in [3.05, 3.63) is 70.7 Å². The number of hydrogen-bond acceptors (Lipinski definition) is 3. The van der Waals surface area contributed by atoms with Crippen LogP contribution in [0.3, 0.4) is 0 Å². The largest absolute Gasteiger partial charge is 0.466 e. The number of urea groups is 1. The number of halogens is 1. The van der Waals surface area contributed by atoms with Gasteiger partial charge >= 0.3 is 12.0 Å². The number of likely N-dealkylation sites (tertiary alicyclic amines) is 1. The van der Waals surface area contributed by atoms with E-state index in [1.165, 1.54) is 5.56 Å². The number of benzene rings is 2. The number of carbonyl (C=O) groups excluding carboxylic acids is 2. The number of ether oxygens (including phenoxy) is 1. The van der Waals surface area contributed by atoms with Crippen LogP contribution < -0.4 is 5.32 Å². The van der Waals surface area contributed by atoms with E-state index in [9.17, 15) is 9.59 Å². The zero-order valence-corrected chi connectivity index (χ0v) is 18.2. The average Bonchev–Trinajstić information content (AvgIpc) is 2.77. The van der Waals surface area contributed by atoms with Crippen molar-refractivity contribution in [3.63, 3.8) is 0 Å². The van der Waals surface area contributed by atoms with Gasteiger partial charge in [0.25, 0.3) is 0 Å². The highest BCUT2D eigenvalue weighted by Gasteiger charge is 2.43. The molecule has 0 spiro atoms. The quantitative estimate of drug-likeness (QED) is 0.661. The molecule has 1 saturated heterocycles. The number of nitrogens with zero attached hydrogens (tertiary/aromatic N) is 1. The van der Waals surface area contributed by atoms with Gasteiger partial charge in [0, 0.05) is 24.7 Å². The highest BCUT2D eigenvalue weighted by molar-refractivity contribution is 6.30. The van der Waals surface area contributed by atoms with Crippen LogP contribution in [0.2, 0.25) is 5.02 Å². The summed E-state index contributed by atoms with van der Waals surface area (Å²) in [6.45, 7) is 3.83. The molecule has 6 heteroatoms. The van der Waals surface area contributed by atoms with Gasteiger partial charge in [0.05, 0.1) is 12.0 Å². The van der Waals surface area contributed by atoms with Crippen LogP contribution in [-0.4, -0.2) is 43.1 Å². The van der Waals surface area contributed by atoms with E-state index in [1.807, 2.05) is 49.4 Å². The van der Waals surface area contributed by atoms with Crippen molar-refractivity contribution in [2.45, 2.75) is 32.6 Å². The van der Waals surface area contributed by atoms with Crippen LogP contribution >= 0.6 is 11.6 Å². The van der Waals surface area contributed by atoms with Gasteiger partial charge < -0.3 is 15.0 Å². The van der Waals surface area contributed by atoms with Crippen molar-refractivity contribution in [2.24, 2.45) is 5.41 Å². The number of piperidine rings is 1. The van der Waals surface area contributed by atoms with Gasteiger partial charge in [0.1, 0.15) is 0 Å². The maximum Gasteiger partial charge on any atom is 0.317 e. The fourth-order valence-corrected chi connectivity index (χ4v) is 4.06. The smallest absolute Gasteiger partial charge is 0.317 e. The molecule has 1 aliphatic heterocycles. The maximum atomic E-state index is 12.8. The minimum absolute atomic E-state index is 0.0742. The molecule has 0 saturated carbocycles. The third-order valence-electron chi connectivity index (χ3n) is 5.70. The van der Waals surface area contributed by atoms with E-state index in [2.05, 4.69) is 17.4 Å². The van der Waals surface area contributed by atoms with Gasteiger partial charge in [-0.25, -0.2) is 4.79 Å². The minimum Gasteiger partial charge on any atom is -0.466 e. The molecule has 2 aromatic carbocycles. The Bertz CT molecular complexity index is 831. The molecule has 0 aromatic heterocycles. The van der Waals surface area contributed by atoms with Crippen LogP contribution in [0.25, 0.3) is 0 Å². The van der Waals surface area contributed by atoms with Crippen LogP contribution in [0.4, 0.5) is 4.79 Å². The molecule has 0 bridgehead atoms. The Labute approximate surface area is 183 Å². The second-order valence-corrected chi connectivity index (χ2v) is 8.20. The van der Waals surface area contributed by atoms with Gasteiger partial charge in [-0.1, -0.05) is 54.1 Å². The summed E-state index contributed by atoms with van der Waals surface area (Å²) in [4.78, 5) is 27.2. The summed E-state index contributed by atoms with van der Waals surface area (Å²) in [6, 6.07) is 17.6. The normalized spacial score (nSPS) is 15.5. The monoisotopic (exact) mass is 428 g/mol. The third kappa shape index (κ3) is 5.76. The van der Waals surface area contributed by atoms with Crippen LogP contribution in [0.5, 0.6) is 0 Å². The summed E-state index contributed by atoms with van der Waals surface area (Å²) in [6.07, 6.45) is 2.55. The predicted molar refractivity (Wildman–Crippen MR) is 119 cm³/mol. The molecule has 1 N–H and O–H groups in total. The molecular formula is C24H29ClN2O3. The highest BCUT2D eigenvalue weighted by atomic mass is 35.5. The molecule has 1 fully saturated rings. The van der Waals surface area contributed by atoms with Crippen molar-refractivity contribution in [1.29, 1.82) is 0 Å². The Morgan fingerprint density at radius 3 is 2.33 bits per heavy atom. The molecule has 0 atom stereocenters. The maximum absolute atomic E-state index is 12.8. The zero-order chi connectivity index (χ0) is 21.4. The molecule has 160 valence electrons. The Morgan fingerprint density at radius 2 is 1.70 bits per heavy atom. The lowest BCUT2D eigenvalue weighted by molar-refractivity contribution is -0.158. The summed E-state index contributed by atoms with van der Waals surface area (Å²) in [5.41, 5.74) is 1.64. The highest BCUT2D eigenvalue weighted by Crippen LogP contribution is 2.37. The number of rotatable bonds is 7. The van der Waals surface area contributed by atoms with Gasteiger partial charge in [0.2, 0.25) is 0 Å². The van der Waals surface area contributed by atoms with Gasteiger partial charge in [-0.15, -0.1) is 0 Å². The number of amides is 2. The summed E-state index contributed by atoms with van der Waals surface area (Å²) < 4.78 is 5.41. The van der Waals surface area contributed by atoms with E-state index >= 15 is 0 Å². The van der Waals surface area contributed by atoms with Gasteiger partial charge in [-0.05, 0) is 55.9 Å². The molecular weight excluding hydrogens is 400 g/mol. The molecule has 2 amide bonds. The topological polar surface area (TPSA) is 58.6 Å². The van der Waals surface area contributed by atoms with E-state index < -0.39 is 5.41 Å². The fourth-order valence-electron chi connectivity index (χ4n) is 3.94. The van der Waals surface area contributed by atoms with Crippen molar-refractivity contribution in [2.75, 3.05) is 26.2 Å². The van der Waals surface area contributed by atoms with Crippen molar-refractivity contribution >= 4 is 23.6 Å². The summed E-state index contributed by atoms with van der Waals surface area (Å²) in [7, 11) is 0. The van der Waals surface area contributed by atoms with Crippen LogP contribution in [0, 0.1) is 5.41 Å². The van der Waals surface area contributed by atoms with E-state index in [-0.39, 0.29) is 12.0 Å². The van der Waals surface area contributed by atoms with Gasteiger partial charge in [0.15, 0.2) is 0 Å². The first kappa shape index (κ1) is 22.2. The molecule has 5 nitrogen and oxygen atoms in total. The van der Waals surface area contributed by atoms with E-state index in [1.54, 1.807) is 4.90 Å². The van der Waals surface area contributed by atoms with Crippen LogP contribution in [-0.2, 0) is 22.4 Å². The van der Waals surface area contributed by atoms with Crippen LogP contribution in [0.15, 0.2) is 54.6 Å². The Morgan fingerprint density at radius 1 is 1.03 bits per heavy atom. The second-order valence-electron chi connectivity index (χ2n) is 7.76. The molecule has 1 heterocycles. The van der Waals surface area contributed by atoms with Crippen molar-refractivity contribution in [1.82, 2.24) is 10.2 Å². The van der Waals surface area contributed by atoms with E-state index in [0.717, 1.165) is 12.0 Å². The molecule has 0 aliphatic carbocycles. The molecule has 2 aromatic rings. The predicted octanol–water partition coefficient (Wildman–Crippen LogP) is 4.48. The first-order valence-corrected chi connectivity index (χ1v) is 10.9. The van der Waals surface area contributed by atoms with E-state index in [4.69, 9.17) is 16.3 Å². The number of carbonyl (C=O) groups is 2. The van der Waals surface area contributed by atoms with Crippen molar-refractivity contribution < 1.29 is 14.3 Å². The molecule has 3 rings (SSSR count). The zero-order valence-electron chi connectivity index (χ0n) is 17.4. The number of esters is 1. The fraction of sp³-hybridized carbons (Fsp3) is 0.417. The third-order valence-corrected chi connectivity index (χ3v) is 5.96.